The first-order valence-electron chi connectivity index (χ1n) is 6.26. The largest absolute Gasteiger partial charge is 0.491 e. The van der Waals surface area contributed by atoms with E-state index in [9.17, 15) is 0 Å². The number of ether oxygens (including phenoxy) is 2. The van der Waals surface area contributed by atoms with Gasteiger partial charge in [-0.25, -0.2) is 0 Å². The van der Waals surface area contributed by atoms with E-state index in [4.69, 9.17) is 27.4 Å². The van der Waals surface area contributed by atoms with Crippen molar-refractivity contribution in [1.29, 1.82) is 0 Å². The van der Waals surface area contributed by atoms with Gasteiger partial charge in [0.25, 0.3) is 0 Å². The van der Waals surface area contributed by atoms with E-state index < -0.39 is 0 Å². The zero-order chi connectivity index (χ0) is 13.7. The third-order valence-electron chi connectivity index (χ3n) is 2.84. The lowest BCUT2D eigenvalue weighted by Gasteiger charge is -2.12. The van der Waals surface area contributed by atoms with Crippen molar-refractivity contribution >= 4 is 28.0 Å². The van der Waals surface area contributed by atoms with Gasteiger partial charge in [0, 0.05) is 17.6 Å². The predicted octanol–water partition coefficient (Wildman–Crippen LogP) is 2.89. The summed E-state index contributed by atoms with van der Waals surface area (Å²) in [6.07, 6.45) is 0. The van der Waals surface area contributed by atoms with Gasteiger partial charge in [-0.1, -0.05) is 36.5 Å². The normalized spacial score (nSPS) is 10.6. The van der Waals surface area contributed by atoms with E-state index in [1.165, 1.54) is 0 Å². The lowest BCUT2D eigenvalue weighted by Crippen LogP contribution is -2.11. The van der Waals surface area contributed by atoms with Gasteiger partial charge < -0.3 is 15.2 Å². The van der Waals surface area contributed by atoms with Gasteiger partial charge >= 0.3 is 0 Å². The van der Waals surface area contributed by atoms with Crippen LogP contribution in [0.25, 0.3) is 10.8 Å². The highest BCUT2D eigenvalue weighted by Crippen LogP contribution is 2.28. The summed E-state index contributed by atoms with van der Waals surface area (Å²) in [5, 5.41) is 2.04. The molecule has 0 aromatic heterocycles. The summed E-state index contributed by atoms with van der Waals surface area (Å²) in [7, 11) is 0. The smallest absolute Gasteiger partial charge is 0.127 e. The molecule has 0 heterocycles. The summed E-state index contributed by atoms with van der Waals surface area (Å²) in [4.78, 5) is 0.400. The molecule has 0 atom stereocenters. The van der Waals surface area contributed by atoms with Gasteiger partial charge in [-0.2, -0.15) is 0 Å². The average molecular weight is 275 g/mol. The van der Waals surface area contributed by atoms with Crippen LogP contribution in [-0.2, 0) is 4.74 Å². The zero-order valence-corrected chi connectivity index (χ0v) is 11.7. The lowest BCUT2D eigenvalue weighted by molar-refractivity contribution is 0.111. The Balaban J connectivity index is 2.30. The van der Waals surface area contributed by atoms with Crippen LogP contribution in [-0.4, -0.2) is 24.8 Å². The minimum absolute atomic E-state index is 0.400. The Morgan fingerprint density at radius 3 is 2.53 bits per heavy atom. The summed E-state index contributed by atoms with van der Waals surface area (Å²) in [5.74, 6) is 0.829. The summed E-state index contributed by atoms with van der Waals surface area (Å²) >= 11 is 5.07. The first-order valence-corrected chi connectivity index (χ1v) is 6.67. The van der Waals surface area contributed by atoms with E-state index >= 15 is 0 Å². The Morgan fingerprint density at radius 1 is 1.11 bits per heavy atom. The molecule has 100 valence electrons. The van der Waals surface area contributed by atoms with Crippen LogP contribution in [0.1, 0.15) is 12.5 Å². The SMILES string of the molecule is CCOCCOc1ccc(C(N)=S)c2ccccc12. The van der Waals surface area contributed by atoms with Gasteiger partial charge in [-0.3, -0.25) is 0 Å². The van der Waals surface area contributed by atoms with Crippen molar-refractivity contribution in [3.8, 4) is 5.75 Å². The first kappa shape index (κ1) is 13.8. The first-order chi connectivity index (χ1) is 9.24. The molecular weight excluding hydrogens is 258 g/mol. The van der Waals surface area contributed by atoms with Crippen LogP contribution in [0.15, 0.2) is 36.4 Å². The number of thiocarbonyl (C=S) groups is 1. The van der Waals surface area contributed by atoms with Crippen LogP contribution >= 0.6 is 12.2 Å². The molecule has 0 amide bonds. The molecule has 0 spiro atoms. The molecule has 2 aromatic carbocycles. The number of nitrogens with two attached hydrogens (primary N) is 1. The van der Waals surface area contributed by atoms with Gasteiger partial charge in [0.05, 0.1) is 6.61 Å². The highest BCUT2D eigenvalue weighted by molar-refractivity contribution is 7.80. The molecule has 19 heavy (non-hydrogen) atoms. The fourth-order valence-electron chi connectivity index (χ4n) is 1.97. The molecule has 2 rings (SSSR count). The molecule has 0 bridgehead atoms. The van der Waals surface area contributed by atoms with Crippen molar-refractivity contribution in [2.24, 2.45) is 5.73 Å². The molecule has 0 aliphatic carbocycles. The predicted molar refractivity (Wildman–Crippen MR) is 81.8 cm³/mol. The standard InChI is InChI=1S/C15H17NO2S/c1-2-17-9-10-18-14-8-7-13(15(16)19)11-5-3-4-6-12(11)14/h3-8H,2,9-10H2,1H3,(H2,16,19). The quantitative estimate of drug-likeness (QED) is 0.650. The Hall–Kier alpha value is -1.65. The molecule has 0 aliphatic heterocycles. The number of benzene rings is 2. The van der Waals surface area contributed by atoms with Crippen LogP contribution in [0.5, 0.6) is 5.75 Å². The van der Waals surface area contributed by atoms with Gasteiger partial charge in [-0.15, -0.1) is 0 Å². The Kier molecular flexibility index (Phi) is 4.71. The van der Waals surface area contributed by atoms with Gasteiger partial charge in [0.2, 0.25) is 0 Å². The van der Waals surface area contributed by atoms with Crippen molar-refractivity contribution in [3.05, 3.63) is 42.0 Å². The second kappa shape index (κ2) is 6.50. The monoisotopic (exact) mass is 275 g/mol. The van der Waals surface area contributed by atoms with Crippen LogP contribution < -0.4 is 10.5 Å². The maximum absolute atomic E-state index is 5.75. The van der Waals surface area contributed by atoms with Gasteiger partial charge in [0.1, 0.15) is 17.3 Å². The van der Waals surface area contributed by atoms with Crippen molar-refractivity contribution in [2.75, 3.05) is 19.8 Å². The second-order valence-electron chi connectivity index (χ2n) is 4.07. The Labute approximate surface area is 118 Å². The number of fused-ring (bicyclic) bond motifs is 1. The molecule has 4 heteroatoms. The van der Waals surface area contributed by atoms with E-state index in [2.05, 4.69) is 0 Å². The van der Waals surface area contributed by atoms with Gasteiger partial charge in [0.15, 0.2) is 0 Å². The minimum Gasteiger partial charge on any atom is -0.491 e. The van der Waals surface area contributed by atoms with E-state index in [1.807, 2.05) is 43.3 Å². The van der Waals surface area contributed by atoms with Crippen LogP contribution in [0.4, 0.5) is 0 Å². The molecule has 3 nitrogen and oxygen atoms in total. The highest BCUT2D eigenvalue weighted by Gasteiger charge is 2.08. The number of rotatable bonds is 6. The Morgan fingerprint density at radius 2 is 1.84 bits per heavy atom. The van der Waals surface area contributed by atoms with E-state index in [1.54, 1.807) is 0 Å². The van der Waals surface area contributed by atoms with E-state index in [-0.39, 0.29) is 0 Å². The summed E-state index contributed by atoms with van der Waals surface area (Å²) < 4.78 is 11.0. The summed E-state index contributed by atoms with van der Waals surface area (Å²) in [6.45, 7) is 3.78. The van der Waals surface area contributed by atoms with Crippen LogP contribution in [0.2, 0.25) is 0 Å². The van der Waals surface area contributed by atoms with E-state index in [0.29, 0.717) is 24.8 Å². The molecule has 2 N–H and O–H groups in total. The fourth-order valence-corrected chi connectivity index (χ4v) is 2.15. The van der Waals surface area contributed by atoms with Crippen molar-refractivity contribution in [1.82, 2.24) is 0 Å². The van der Waals surface area contributed by atoms with Crippen molar-refractivity contribution in [3.63, 3.8) is 0 Å². The maximum atomic E-state index is 5.75. The van der Waals surface area contributed by atoms with E-state index in [0.717, 1.165) is 22.1 Å². The molecule has 0 saturated heterocycles. The lowest BCUT2D eigenvalue weighted by atomic mass is 10.0. The third kappa shape index (κ3) is 3.22. The highest BCUT2D eigenvalue weighted by atomic mass is 32.1. The molecule has 0 aliphatic rings. The van der Waals surface area contributed by atoms with Crippen molar-refractivity contribution < 1.29 is 9.47 Å². The molecule has 0 unspecified atom stereocenters. The molecule has 0 radical (unpaired) electrons. The second-order valence-corrected chi connectivity index (χ2v) is 4.51. The fraction of sp³-hybridized carbons (Fsp3) is 0.267. The van der Waals surface area contributed by atoms with Crippen molar-refractivity contribution in [2.45, 2.75) is 6.92 Å². The molecule has 0 saturated carbocycles. The van der Waals surface area contributed by atoms with Crippen LogP contribution in [0.3, 0.4) is 0 Å². The molecule has 2 aromatic rings. The zero-order valence-electron chi connectivity index (χ0n) is 10.9. The minimum atomic E-state index is 0.400. The maximum Gasteiger partial charge on any atom is 0.127 e. The number of hydrogen-bond acceptors (Lipinski definition) is 3. The molecular formula is C15H17NO2S. The summed E-state index contributed by atoms with van der Waals surface area (Å²) in [6, 6.07) is 11.8. The van der Waals surface area contributed by atoms with Crippen LogP contribution in [0, 0.1) is 0 Å². The topological polar surface area (TPSA) is 44.5 Å². The average Bonchev–Trinajstić information content (AvgIpc) is 2.43. The Bertz CT molecular complexity index is 583. The summed E-state index contributed by atoms with van der Waals surface area (Å²) in [5.41, 5.74) is 6.62. The molecule has 0 fully saturated rings. The van der Waals surface area contributed by atoms with Gasteiger partial charge in [-0.05, 0) is 24.4 Å². The third-order valence-corrected chi connectivity index (χ3v) is 3.06. The number of hydrogen-bond donors (Lipinski definition) is 1.